The Labute approximate surface area is 106 Å². The van der Waals surface area contributed by atoms with Crippen LogP contribution in [0.4, 0.5) is 5.69 Å². The molecule has 0 bridgehead atoms. The fourth-order valence-electron chi connectivity index (χ4n) is 2.51. The van der Waals surface area contributed by atoms with Crippen LogP contribution in [0.3, 0.4) is 0 Å². The van der Waals surface area contributed by atoms with E-state index in [1.54, 1.807) is 0 Å². The Hall–Kier alpha value is -1.55. The van der Waals surface area contributed by atoms with Crippen LogP contribution < -0.4 is 5.32 Å². The zero-order valence-electron chi connectivity index (χ0n) is 10.6. The van der Waals surface area contributed by atoms with E-state index in [0.29, 0.717) is 5.89 Å². The van der Waals surface area contributed by atoms with Crippen molar-refractivity contribution in [2.75, 3.05) is 18.5 Å². The molecule has 0 radical (unpaired) electrons. The van der Waals surface area contributed by atoms with E-state index in [1.807, 2.05) is 25.1 Å². The number of anilines is 1. The highest BCUT2D eigenvalue weighted by atomic mass is 16.3. The maximum atomic E-state index is 9.42. The quantitative estimate of drug-likeness (QED) is 0.870. The predicted octanol–water partition coefficient (Wildman–Crippen LogP) is 2.71. The van der Waals surface area contributed by atoms with Gasteiger partial charge in [-0.05, 0) is 25.0 Å². The molecule has 1 aromatic carbocycles. The average molecular weight is 246 g/mol. The zero-order chi connectivity index (χ0) is 12.6. The molecule has 0 aliphatic heterocycles. The standard InChI is InChI=1S/C14H18N2O2/c1-10-16-12-4-3-11(7-13(12)18-10)15-8-14(9-17)5-2-6-14/h3-4,7,15,17H,2,5-6,8-9H2,1H3. The third-order valence-electron chi connectivity index (χ3n) is 3.91. The molecule has 0 spiro atoms. The highest BCUT2D eigenvalue weighted by Gasteiger charge is 2.35. The van der Waals surface area contributed by atoms with Gasteiger partial charge in [0.15, 0.2) is 11.5 Å². The van der Waals surface area contributed by atoms with Crippen LogP contribution in [0.2, 0.25) is 0 Å². The number of oxazole rings is 1. The number of rotatable bonds is 4. The van der Waals surface area contributed by atoms with E-state index < -0.39 is 0 Å². The van der Waals surface area contributed by atoms with Crippen molar-refractivity contribution in [2.45, 2.75) is 26.2 Å². The molecule has 0 amide bonds. The lowest BCUT2D eigenvalue weighted by Crippen LogP contribution is -2.39. The van der Waals surface area contributed by atoms with Crippen molar-refractivity contribution in [3.63, 3.8) is 0 Å². The van der Waals surface area contributed by atoms with Crippen molar-refractivity contribution in [1.82, 2.24) is 4.98 Å². The van der Waals surface area contributed by atoms with Gasteiger partial charge in [-0.15, -0.1) is 0 Å². The van der Waals surface area contributed by atoms with Crippen LogP contribution in [0.15, 0.2) is 22.6 Å². The largest absolute Gasteiger partial charge is 0.441 e. The minimum Gasteiger partial charge on any atom is -0.441 e. The van der Waals surface area contributed by atoms with Gasteiger partial charge in [0.25, 0.3) is 0 Å². The molecule has 96 valence electrons. The molecular weight excluding hydrogens is 228 g/mol. The molecule has 18 heavy (non-hydrogen) atoms. The molecule has 0 unspecified atom stereocenters. The second-order valence-corrected chi connectivity index (χ2v) is 5.28. The number of nitrogens with zero attached hydrogens (tertiary/aromatic N) is 1. The van der Waals surface area contributed by atoms with Crippen LogP contribution in [0, 0.1) is 12.3 Å². The fourth-order valence-corrected chi connectivity index (χ4v) is 2.51. The maximum absolute atomic E-state index is 9.42. The molecule has 1 aromatic heterocycles. The van der Waals surface area contributed by atoms with Crippen LogP contribution in [0.5, 0.6) is 0 Å². The van der Waals surface area contributed by atoms with Gasteiger partial charge >= 0.3 is 0 Å². The summed E-state index contributed by atoms with van der Waals surface area (Å²) in [6.45, 7) is 2.94. The first-order valence-electron chi connectivity index (χ1n) is 6.43. The number of hydrogen-bond acceptors (Lipinski definition) is 4. The topological polar surface area (TPSA) is 58.3 Å². The Morgan fingerprint density at radius 3 is 2.94 bits per heavy atom. The van der Waals surface area contributed by atoms with E-state index in [9.17, 15) is 5.11 Å². The summed E-state index contributed by atoms with van der Waals surface area (Å²) in [5.41, 5.74) is 2.81. The lowest BCUT2D eigenvalue weighted by molar-refractivity contribution is 0.0576. The number of hydrogen-bond donors (Lipinski definition) is 2. The zero-order valence-corrected chi connectivity index (χ0v) is 10.6. The minimum absolute atomic E-state index is 0.0896. The summed E-state index contributed by atoms with van der Waals surface area (Å²) in [4.78, 5) is 4.27. The Bertz CT molecular complexity index is 552. The molecule has 1 saturated carbocycles. The second-order valence-electron chi connectivity index (χ2n) is 5.28. The monoisotopic (exact) mass is 246 g/mol. The number of nitrogens with one attached hydrogen (secondary N) is 1. The molecule has 1 aliphatic rings. The summed E-state index contributed by atoms with van der Waals surface area (Å²) in [5.74, 6) is 0.688. The van der Waals surface area contributed by atoms with Crippen LogP contribution in [-0.2, 0) is 0 Å². The van der Waals surface area contributed by atoms with Gasteiger partial charge in [-0.1, -0.05) is 6.42 Å². The van der Waals surface area contributed by atoms with Gasteiger partial charge in [-0.2, -0.15) is 0 Å². The van der Waals surface area contributed by atoms with Crippen molar-refractivity contribution in [3.8, 4) is 0 Å². The molecule has 4 heteroatoms. The maximum Gasteiger partial charge on any atom is 0.192 e. The van der Waals surface area contributed by atoms with Gasteiger partial charge in [0, 0.05) is 30.6 Å². The normalized spacial score (nSPS) is 17.7. The van der Waals surface area contributed by atoms with Crippen molar-refractivity contribution in [1.29, 1.82) is 0 Å². The second kappa shape index (κ2) is 4.28. The van der Waals surface area contributed by atoms with Crippen LogP contribution in [0.1, 0.15) is 25.2 Å². The molecule has 4 nitrogen and oxygen atoms in total. The lowest BCUT2D eigenvalue weighted by atomic mass is 9.69. The van der Waals surface area contributed by atoms with Crippen molar-refractivity contribution >= 4 is 16.8 Å². The predicted molar refractivity (Wildman–Crippen MR) is 70.6 cm³/mol. The molecule has 0 atom stereocenters. The van der Waals surface area contributed by atoms with Gasteiger partial charge in [-0.25, -0.2) is 4.98 Å². The summed E-state index contributed by atoms with van der Waals surface area (Å²) < 4.78 is 5.51. The number of fused-ring (bicyclic) bond motifs is 1. The van der Waals surface area contributed by atoms with Gasteiger partial charge in [-0.3, -0.25) is 0 Å². The van der Waals surface area contributed by atoms with Crippen molar-refractivity contribution < 1.29 is 9.52 Å². The molecule has 1 fully saturated rings. The number of aryl methyl sites for hydroxylation is 1. The van der Waals surface area contributed by atoms with Crippen molar-refractivity contribution in [3.05, 3.63) is 24.1 Å². The molecule has 2 aromatic rings. The van der Waals surface area contributed by atoms with E-state index in [1.165, 1.54) is 6.42 Å². The summed E-state index contributed by atoms with van der Waals surface area (Å²) in [6.07, 6.45) is 3.45. The number of aliphatic hydroxyl groups excluding tert-OH is 1. The van der Waals surface area contributed by atoms with Crippen LogP contribution >= 0.6 is 0 Å². The number of benzene rings is 1. The Kier molecular flexibility index (Phi) is 2.74. The van der Waals surface area contributed by atoms with Gasteiger partial charge in [0.1, 0.15) is 5.52 Å². The van der Waals surface area contributed by atoms with E-state index in [4.69, 9.17) is 4.42 Å². The summed E-state index contributed by atoms with van der Waals surface area (Å²) in [6, 6.07) is 5.94. The highest BCUT2D eigenvalue weighted by molar-refractivity contribution is 5.77. The first kappa shape index (κ1) is 11.5. The van der Waals surface area contributed by atoms with E-state index >= 15 is 0 Å². The average Bonchev–Trinajstić information content (AvgIpc) is 2.67. The molecule has 1 heterocycles. The Morgan fingerprint density at radius 2 is 2.28 bits per heavy atom. The summed E-state index contributed by atoms with van der Waals surface area (Å²) in [7, 11) is 0. The van der Waals surface area contributed by atoms with E-state index in [0.717, 1.165) is 36.2 Å². The SMILES string of the molecule is Cc1nc2ccc(NCC3(CO)CCC3)cc2o1. The minimum atomic E-state index is 0.0896. The van der Waals surface area contributed by atoms with Crippen LogP contribution in [0.25, 0.3) is 11.1 Å². The summed E-state index contributed by atoms with van der Waals surface area (Å²) in [5, 5.41) is 12.8. The van der Waals surface area contributed by atoms with Crippen molar-refractivity contribution in [2.24, 2.45) is 5.41 Å². The van der Waals surface area contributed by atoms with Gasteiger partial charge < -0.3 is 14.8 Å². The first-order chi connectivity index (χ1) is 8.71. The molecular formula is C14H18N2O2. The highest BCUT2D eigenvalue weighted by Crippen LogP contribution is 2.40. The smallest absolute Gasteiger partial charge is 0.192 e. The number of aromatic nitrogens is 1. The van der Waals surface area contributed by atoms with E-state index in [-0.39, 0.29) is 12.0 Å². The molecule has 3 rings (SSSR count). The fraction of sp³-hybridized carbons (Fsp3) is 0.500. The summed E-state index contributed by atoms with van der Waals surface area (Å²) >= 11 is 0. The molecule has 0 saturated heterocycles. The molecule has 2 N–H and O–H groups in total. The van der Waals surface area contributed by atoms with Crippen LogP contribution in [-0.4, -0.2) is 23.2 Å². The third kappa shape index (κ3) is 1.97. The molecule has 1 aliphatic carbocycles. The van der Waals surface area contributed by atoms with Gasteiger partial charge in [0.05, 0.1) is 6.61 Å². The lowest BCUT2D eigenvalue weighted by Gasteiger charge is -2.40. The third-order valence-corrected chi connectivity index (χ3v) is 3.91. The van der Waals surface area contributed by atoms with Gasteiger partial charge in [0.2, 0.25) is 0 Å². The van der Waals surface area contributed by atoms with E-state index in [2.05, 4.69) is 10.3 Å². The first-order valence-corrected chi connectivity index (χ1v) is 6.43. The Balaban J connectivity index is 1.74. The Morgan fingerprint density at radius 1 is 1.44 bits per heavy atom. The number of aliphatic hydroxyl groups is 1.